The highest BCUT2D eigenvalue weighted by atomic mass is 79.9. The molecule has 7 heteroatoms. The maximum Gasteiger partial charge on any atom is 0.410 e. The number of aromatic nitrogens is 3. The molecule has 0 fully saturated rings. The highest BCUT2D eigenvalue weighted by Crippen LogP contribution is 2.25. The molecular formula is C19H27BrN4O2. The number of halogens is 1. The Bertz CT molecular complexity index is 739. The van der Waals surface area contributed by atoms with Crippen molar-refractivity contribution in [3.05, 3.63) is 34.7 Å². The molecule has 1 N–H and O–H groups in total. The molecule has 0 radical (unpaired) electrons. The number of aromatic amines is 1. The van der Waals surface area contributed by atoms with Crippen LogP contribution in [-0.2, 0) is 4.74 Å². The third-order valence-electron chi connectivity index (χ3n) is 4.01. The summed E-state index contributed by atoms with van der Waals surface area (Å²) >= 11 is 3.45. The van der Waals surface area contributed by atoms with Crippen molar-refractivity contribution >= 4 is 22.0 Å². The smallest absolute Gasteiger partial charge is 0.410 e. The highest BCUT2D eigenvalue weighted by molar-refractivity contribution is 9.10. The Kier molecular flexibility index (Phi) is 6.81. The molecule has 0 aliphatic heterocycles. The van der Waals surface area contributed by atoms with Crippen LogP contribution in [0.5, 0.6) is 0 Å². The van der Waals surface area contributed by atoms with Gasteiger partial charge in [0.15, 0.2) is 5.82 Å². The van der Waals surface area contributed by atoms with Crippen LogP contribution in [0.4, 0.5) is 4.79 Å². The zero-order chi connectivity index (χ0) is 19.3. The SMILES string of the molecule is CCC(CCN(C)C(=O)OC(C)(C)C)c1cnc(-c2cc(Br)ccn2)[nH]1. The van der Waals surface area contributed by atoms with Gasteiger partial charge in [0.2, 0.25) is 0 Å². The first-order valence-corrected chi connectivity index (χ1v) is 9.60. The molecule has 0 aromatic carbocycles. The van der Waals surface area contributed by atoms with Crippen LogP contribution in [0.2, 0.25) is 0 Å². The number of H-pyrrole nitrogens is 1. The van der Waals surface area contributed by atoms with E-state index in [1.807, 2.05) is 39.1 Å². The van der Waals surface area contributed by atoms with Gasteiger partial charge < -0.3 is 14.6 Å². The Morgan fingerprint density at radius 2 is 2.12 bits per heavy atom. The summed E-state index contributed by atoms with van der Waals surface area (Å²) in [7, 11) is 1.77. The van der Waals surface area contributed by atoms with Crippen molar-refractivity contribution in [2.75, 3.05) is 13.6 Å². The van der Waals surface area contributed by atoms with Crippen LogP contribution >= 0.6 is 15.9 Å². The molecule has 2 heterocycles. The van der Waals surface area contributed by atoms with Crippen LogP contribution < -0.4 is 0 Å². The summed E-state index contributed by atoms with van der Waals surface area (Å²) in [6.07, 6.45) is 5.10. The Morgan fingerprint density at radius 1 is 1.38 bits per heavy atom. The third kappa shape index (κ3) is 5.83. The minimum Gasteiger partial charge on any atom is -0.444 e. The van der Waals surface area contributed by atoms with Crippen molar-refractivity contribution < 1.29 is 9.53 Å². The van der Waals surface area contributed by atoms with Gasteiger partial charge in [-0.05, 0) is 45.7 Å². The third-order valence-corrected chi connectivity index (χ3v) is 4.50. The number of hydrogen-bond acceptors (Lipinski definition) is 4. The second-order valence-corrected chi connectivity index (χ2v) is 8.26. The van der Waals surface area contributed by atoms with Gasteiger partial charge in [-0.15, -0.1) is 0 Å². The van der Waals surface area contributed by atoms with Crippen LogP contribution in [0.25, 0.3) is 11.5 Å². The predicted octanol–water partition coefficient (Wildman–Crippen LogP) is 4.98. The van der Waals surface area contributed by atoms with Crippen LogP contribution in [-0.4, -0.2) is 45.1 Å². The van der Waals surface area contributed by atoms with Crippen LogP contribution in [0.3, 0.4) is 0 Å². The first-order valence-electron chi connectivity index (χ1n) is 8.80. The minimum absolute atomic E-state index is 0.285. The number of nitrogens with zero attached hydrogens (tertiary/aromatic N) is 3. The summed E-state index contributed by atoms with van der Waals surface area (Å²) in [5.41, 5.74) is 1.37. The van der Waals surface area contributed by atoms with Crippen molar-refractivity contribution in [2.24, 2.45) is 0 Å². The lowest BCUT2D eigenvalue weighted by Gasteiger charge is -2.25. The fourth-order valence-electron chi connectivity index (χ4n) is 2.57. The molecule has 0 bridgehead atoms. The number of carbonyl (C=O) groups is 1. The zero-order valence-electron chi connectivity index (χ0n) is 16.0. The molecule has 1 atom stereocenters. The number of imidazole rings is 1. The zero-order valence-corrected chi connectivity index (χ0v) is 17.6. The molecule has 26 heavy (non-hydrogen) atoms. The Balaban J connectivity index is 2.00. The normalized spacial score (nSPS) is 12.7. The lowest BCUT2D eigenvalue weighted by molar-refractivity contribution is 0.0294. The van der Waals surface area contributed by atoms with Crippen molar-refractivity contribution in [1.29, 1.82) is 0 Å². The van der Waals surface area contributed by atoms with E-state index in [9.17, 15) is 4.79 Å². The van der Waals surface area contributed by atoms with Gasteiger partial charge in [0.25, 0.3) is 0 Å². The van der Waals surface area contributed by atoms with E-state index < -0.39 is 5.60 Å². The summed E-state index contributed by atoms with van der Waals surface area (Å²) in [5, 5.41) is 0. The molecule has 2 aromatic heterocycles. The van der Waals surface area contributed by atoms with Crippen LogP contribution in [0.1, 0.15) is 52.1 Å². The molecule has 0 aliphatic carbocycles. The summed E-state index contributed by atoms with van der Waals surface area (Å²) in [4.78, 5) is 25.9. The molecule has 0 saturated heterocycles. The summed E-state index contributed by atoms with van der Waals surface area (Å²) in [6.45, 7) is 8.37. The van der Waals surface area contributed by atoms with E-state index in [1.165, 1.54) is 0 Å². The fourth-order valence-corrected chi connectivity index (χ4v) is 2.90. The van der Waals surface area contributed by atoms with Crippen molar-refractivity contribution in [3.63, 3.8) is 0 Å². The van der Waals surface area contributed by atoms with Crippen molar-refractivity contribution in [1.82, 2.24) is 19.9 Å². The molecule has 0 aliphatic rings. The molecule has 0 saturated carbocycles. The second kappa shape index (κ2) is 8.66. The first kappa shape index (κ1) is 20.4. The number of nitrogens with one attached hydrogen (secondary N) is 1. The van der Waals surface area contributed by atoms with E-state index in [-0.39, 0.29) is 12.0 Å². The van der Waals surface area contributed by atoms with Gasteiger partial charge in [0.05, 0.1) is 0 Å². The largest absolute Gasteiger partial charge is 0.444 e. The molecular weight excluding hydrogens is 396 g/mol. The number of carbonyl (C=O) groups excluding carboxylic acids is 1. The number of amides is 1. The van der Waals surface area contributed by atoms with Crippen molar-refractivity contribution in [2.45, 2.75) is 52.1 Å². The van der Waals surface area contributed by atoms with E-state index in [0.29, 0.717) is 6.54 Å². The van der Waals surface area contributed by atoms with Crippen LogP contribution in [0.15, 0.2) is 29.0 Å². The van der Waals surface area contributed by atoms with E-state index in [4.69, 9.17) is 4.74 Å². The molecule has 1 unspecified atom stereocenters. The molecule has 1 amide bonds. The summed E-state index contributed by atoms with van der Waals surface area (Å²) in [6, 6.07) is 3.81. The second-order valence-electron chi connectivity index (χ2n) is 7.34. The average Bonchev–Trinajstić information content (AvgIpc) is 3.03. The van der Waals surface area contributed by atoms with Gasteiger partial charge >= 0.3 is 6.09 Å². The van der Waals surface area contributed by atoms with Crippen LogP contribution in [0, 0.1) is 0 Å². The molecule has 2 rings (SSSR count). The highest BCUT2D eigenvalue weighted by Gasteiger charge is 2.21. The first-order chi connectivity index (χ1) is 12.2. The minimum atomic E-state index is -0.481. The number of ether oxygens (including phenoxy) is 1. The Hall–Kier alpha value is -1.89. The molecule has 2 aromatic rings. The fraction of sp³-hybridized carbons (Fsp3) is 0.526. The quantitative estimate of drug-likeness (QED) is 0.711. The number of pyridine rings is 1. The monoisotopic (exact) mass is 422 g/mol. The Morgan fingerprint density at radius 3 is 2.73 bits per heavy atom. The van der Waals surface area contributed by atoms with E-state index in [1.54, 1.807) is 18.1 Å². The van der Waals surface area contributed by atoms with E-state index in [0.717, 1.165) is 34.5 Å². The number of rotatable bonds is 6. The predicted molar refractivity (Wildman–Crippen MR) is 106 cm³/mol. The van der Waals surface area contributed by atoms with Gasteiger partial charge in [-0.2, -0.15) is 0 Å². The standard InChI is InChI=1S/C19H27BrN4O2/c1-6-13(8-10-24(5)18(25)26-19(2,3)4)16-12-22-17(23-16)15-11-14(20)7-9-21-15/h7,9,11-13H,6,8,10H2,1-5H3,(H,22,23). The topological polar surface area (TPSA) is 71.1 Å². The van der Waals surface area contributed by atoms with E-state index in [2.05, 4.69) is 37.8 Å². The van der Waals surface area contributed by atoms with Gasteiger partial charge in [-0.25, -0.2) is 9.78 Å². The number of hydrogen-bond donors (Lipinski definition) is 1. The van der Waals surface area contributed by atoms with Gasteiger partial charge in [-0.3, -0.25) is 4.98 Å². The maximum atomic E-state index is 12.1. The molecule has 0 spiro atoms. The summed E-state index contributed by atoms with van der Waals surface area (Å²) < 4.78 is 6.36. The van der Waals surface area contributed by atoms with Gasteiger partial charge in [0.1, 0.15) is 11.3 Å². The maximum absolute atomic E-state index is 12.1. The van der Waals surface area contributed by atoms with Crippen molar-refractivity contribution in [3.8, 4) is 11.5 Å². The lowest BCUT2D eigenvalue weighted by Crippen LogP contribution is -2.35. The van der Waals surface area contributed by atoms with Gasteiger partial charge in [0, 0.05) is 42.1 Å². The average molecular weight is 423 g/mol. The summed E-state index contributed by atoms with van der Waals surface area (Å²) in [5.74, 6) is 1.04. The van der Waals surface area contributed by atoms with Gasteiger partial charge in [-0.1, -0.05) is 22.9 Å². The Labute approximate surface area is 163 Å². The molecule has 142 valence electrons. The lowest BCUT2D eigenvalue weighted by atomic mass is 9.99. The molecule has 6 nitrogen and oxygen atoms in total. The van der Waals surface area contributed by atoms with E-state index >= 15 is 0 Å².